The molecule has 2 aromatic rings. The molecule has 2 fully saturated rings. The van der Waals surface area contributed by atoms with Crippen LogP contribution in [-0.2, 0) is 9.59 Å². The van der Waals surface area contributed by atoms with E-state index in [0.29, 0.717) is 13.1 Å². The van der Waals surface area contributed by atoms with Crippen molar-refractivity contribution in [1.29, 1.82) is 0 Å². The van der Waals surface area contributed by atoms with E-state index in [4.69, 9.17) is 4.74 Å². The van der Waals surface area contributed by atoms with Crippen LogP contribution in [0.4, 0.5) is 5.69 Å². The molecule has 0 saturated carbocycles. The van der Waals surface area contributed by atoms with Gasteiger partial charge in [0, 0.05) is 25.2 Å². The largest absolute Gasteiger partial charge is 0.497 e. The van der Waals surface area contributed by atoms with Gasteiger partial charge in [-0.2, -0.15) is 0 Å². The van der Waals surface area contributed by atoms with Crippen molar-refractivity contribution < 1.29 is 14.3 Å². The van der Waals surface area contributed by atoms with Crippen LogP contribution in [-0.4, -0.2) is 50.0 Å². The fourth-order valence-electron chi connectivity index (χ4n) is 4.42. The SMILES string of the molecule is COc1ccc(N2CC(C(=O)NCC(c3ccccc3)N3CCCC3)CC2=O)cc1. The van der Waals surface area contributed by atoms with Gasteiger partial charge in [0.15, 0.2) is 0 Å². The molecule has 30 heavy (non-hydrogen) atoms. The summed E-state index contributed by atoms with van der Waals surface area (Å²) >= 11 is 0. The van der Waals surface area contributed by atoms with E-state index < -0.39 is 0 Å². The van der Waals surface area contributed by atoms with Crippen LogP contribution in [0.5, 0.6) is 5.75 Å². The van der Waals surface area contributed by atoms with Crippen LogP contribution in [0.3, 0.4) is 0 Å². The fraction of sp³-hybridized carbons (Fsp3) is 0.417. The van der Waals surface area contributed by atoms with Gasteiger partial charge in [-0.25, -0.2) is 0 Å². The maximum atomic E-state index is 12.9. The Hall–Kier alpha value is -2.86. The van der Waals surface area contributed by atoms with E-state index in [0.717, 1.165) is 24.5 Å². The van der Waals surface area contributed by atoms with Crippen LogP contribution >= 0.6 is 0 Å². The van der Waals surface area contributed by atoms with Gasteiger partial charge in [-0.3, -0.25) is 14.5 Å². The van der Waals surface area contributed by atoms with E-state index >= 15 is 0 Å². The van der Waals surface area contributed by atoms with Crippen molar-refractivity contribution in [3.05, 3.63) is 60.2 Å². The predicted molar refractivity (Wildman–Crippen MR) is 116 cm³/mol. The highest BCUT2D eigenvalue weighted by atomic mass is 16.5. The number of nitrogens with zero attached hydrogens (tertiary/aromatic N) is 2. The Morgan fingerprint density at radius 2 is 1.80 bits per heavy atom. The molecule has 2 aliphatic rings. The highest BCUT2D eigenvalue weighted by Gasteiger charge is 2.35. The molecule has 2 saturated heterocycles. The summed E-state index contributed by atoms with van der Waals surface area (Å²) < 4.78 is 5.18. The summed E-state index contributed by atoms with van der Waals surface area (Å²) in [5.74, 6) is 0.363. The molecule has 0 aliphatic carbocycles. The highest BCUT2D eigenvalue weighted by molar-refractivity contribution is 6.00. The number of carbonyl (C=O) groups is 2. The molecule has 0 spiro atoms. The first kappa shape index (κ1) is 20.4. The number of ether oxygens (including phenoxy) is 1. The number of likely N-dealkylation sites (tertiary alicyclic amines) is 1. The van der Waals surface area contributed by atoms with Crippen molar-refractivity contribution in [2.24, 2.45) is 5.92 Å². The molecule has 0 radical (unpaired) electrons. The van der Waals surface area contributed by atoms with Crippen molar-refractivity contribution in [2.45, 2.75) is 25.3 Å². The topological polar surface area (TPSA) is 61.9 Å². The number of methoxy groups -OCH3 is 1. The average Bonchev–Trinajstić information content (AvgIpc) is 3.45. The molecule has 0 bridgehead atoms. The van der Waals surface area contributed by atoms with Gasteiger partial charge in [-0.15, -0.1) is 0 Å². The number of amides is 2. The lowest BCUT2D eigenvalue weighted by atomic mass is 10.0. The average molecular weight is 408 g/mol. The molecular weight excluding hydrogens is 378 g/mol. The second-order valence-electron chi connectivity index (χ2n) is 8.02. The summed E-state index contributed by atoms with van der Waals surface area (Å²) in [6.07, 6.45) is 2.65. The van der Waals surface area contributed by atoms with Gasteiger partial charge in [0.05, 0.1) is 19.1 Å². The van der Waals surface area contributed by atoms with Crippen molar-refractivity contribution in [2.75, 3.05) is 38.2 Å². The molecule has 6 heteroatoms. The van der Waals surface area contributed by atoms with E-state index in [1.165, 1.54) is 18.4 Å². The predicted octanol–water partition coefficient (Wildman–Crippen LogP) is 3.00. The minimum absolute atomic E-state index is 0.0144. The fourth-order valence-corrected chi connectivity index (χ4v) is 4.42. The second-order valence-corrected chi connectivity index (χ2v) is 8.02. The minimum atomic E-state index is -0.324. The number of benzene rings is 2. The Labute approximate surface area is 177 Å². The molecule has 2 atom stereocenters. The number of hydrogen-bond acceptors (Lipinski definition) is 4. The zero-order valence-corrected chi connectivity index (χ0v) is 17.4. The van der Waals surface area contributed by atoms with E-state index in [1.807, 2.05) is 42.5 Å². The van der Waals surface area contributed by atoms with Crippen molar-refractivity contribution in [3.8, 4) is 5.75 Å². The Morgan fingerprint density at radius 1 is 1.10 bits per heavy atom. The summed E-state index contributed by atoms with van der Waals surface area (Å²) in [4.78, 5) is 29.5. The standard InChI is InChI=1S/C24H29N3O3/c1-30-21-11-9-20(10-12-21)27-17-19(15-23(27)28)24(29)25-16-22(26-13-5-6-14-26)18-7-3-2-4-8-18/h2-4,7-12,19,22H,5-6,13-17H2,1H3,(H,25,29). The maximum Gasteiger partial charge on any atom is 0.227 e. The number of hydrogen-bond donors (Lipinski definition) is 1. The van der Waals surface area contributed by atoms with E-state index in [1.54, 1.807) is 12.0 Å². The van der Waals surface area contributed by atoms with E-state index in [9.17, 15) is 9.59 Å². The monoisotopic (exact) mass is 407 g/mol. The molecule has 2 amide bonds. The number of anilines is 1. The lowest BCUT2D eigenvalue weighted by Crippen LogP contribution is -2.40. The lowest BCUT2D eigenvalue weighted by molar-refractivity contribution is -0.126. The molecule has 0 aromatic heterocycles. The van der Waals surface area contributed by atoms with Crippen LogP contribution in [0, 0.1) is 5.92 Å². The van der Waals surface area contributed by atoms with Gasteiger partial charge in [0.2, 0.25) is 11.8 Å². The first-order valence-corrected chi connectivity index (χ1v) is 10.7. The Bertz CT molecular complexity index is 863. The smallest absolute Gasteiger partial charge is 0.227 e. The molecule has 2 unspecified atom stereocenters. The van der Waals surface area contributed by atoms with Crippen LogP contribution in [0.1, 0.15) is 30.9 Å². The summed E-state index contributed by atoms with van der Waals surface area (Å²) in [6, 6.07) is 17.9. The number of carbonyl (C=O) groups excluding carboxylic acids is 2. The zero-order valence-electron chi connectivity index (χ0n) is 17.4. The normalized spacial score (nSPS) is 20.4. The lowest BCUT2D eigenvalue weighted by Gasteiger charge is -2.28. The van der Waals surface area contributed by atoms with Crippen LogP contribution in [0.15, 0.2) is 54.6 Å². The Balaban J connectivity index is 1.38. The van der Waals surface area contributed by atoms with Crippen molar-refractivity contribution in [1.82, 2.24) is 10.2 Å². The summed E-state index contributed by atoms with van der Waals surface area (Å²) in [7, 11) is 1.61. The number of nitrogens with one attached hydrogen (secondary N) is 1. The van der Waals surface area contributed by atoms with E-state index in [2.05, 4.69) is 22.3 Å². The molecule has 2 heterocycles. The molecule has 2 aliphatic heterocycles. The quantitative estimate of drug-likeness (QED) is 0.767. The molecule has 2 aromatic carbocycles. The van der Waals surface area contributed by atoms with Crippen molar-refractivity contribution in [3.63, 3.8) is 0 Å². The van der Waals surface area contributed by atoms with Crippen LogP contribution in [0.25, 0.3) is 0 Å². The second kappa shape index (κ2) is 9.30. The third kappa shape index (κ3) is 4.49. The number of rotatable bonds is 7. The third-order valence-corrected chi connectivity index (χ3v) is 6.12. The maximum absolute atomic E-state index is 12.9. The van der Waals surface area contributed by atoms with Gasteiger partial charge in [-0.1, -0.05) is 30.3 Å². The van der Waals surface area contributed by atoms with Crippen LogP contribution in [0.2, 0.25) is 0 Å². The highest BCUT2D eigenvalue weighted by Crippen LogP contribution is 2.28. The first-order chi connectivity index (χ1) is 14.7. The van der Waals surface area contributed by atoms with Gasteiger partial charge in [-0.05, 0) is 55.8 Å². The van der Waals surface area contributed by atoms with Crippen LogP contribution < -0.4 is 15.0 Å². The Kier molecular flexibility index (Phi) is 6.33. The molecule has 158 valence electrons. The molecule has 1 N–H and O–H groups in total. The third-order valence-electron chi connectivity index (χ3n) is 6.12. The van der Waals surface area contributed by atoms with E-state index in [-0.39, 0.29) is 30.2 Å². The Morgan fingerprint density at radius 3 is 2.47 bits per heavy atom. The molecular formula is C24H29N3O3. The van der Waals surface area contributed by atoms with Gasteiger partial charge >= 0.3 is 0 Å². The summed E-state index contributed by atoms with van der Waals surface area (Å²) in [5, 5.41) is 3.13. The zero-order chi connectivity index (χ0) is 20.9. The van der Waals surface area contributed by atoms with Gasteiger partial charge in [0.25, 0.3) is 0 Å². The minimum Gasteiger partial charge on any atom is -0.497 e. The molecule has 4 rings (SSSR count). The van der Waals surface area contributed by atoms with Crippen molar-refractivity contribution >= 4 is 17.5 Å². The summed E-state index contributed by atoms with van der Waals surface area (Å²) in [5.41, 5.74) is 2.03. The molecule has 6 nitrogen and oxygen atoms in total. The first-order valence-electron chi connectivity index (χ1n) is 10.7. The summed E-state index contributed by atoms with van der Waals surface area (Å²) in [6.45, 7) is 3.10. The van der Waals surface area contributed by atoms with Gasteiger partial charge in [0.1, 0.15) is 5.75 Å². The van der Waals surface area contributed by atoms with Gasteiger partial charge < -0.3 is 15.0 Å².